The fourth-order valence-corrected chi connectivity index (χ4v) is 2.72. The van der Waals surface area contributed by atoms with E-state index in [0.717, 1.165) is 6.42 Å². The Kier molecular flexibility index (Phi) is 6.63. The van der Waals surface area contributed by atoms with Crippen LogP contribution in [0.15, 0.2) is 0 Å². The second-order valence-corrected chi connectivity index (χ2v) is 7.08. The summed E-state index contributed by atoms with van der Waals surface area (Å²) in [5, 5.41) is 9.12. The van der Waals surface area contributed by atoms with E-state index in [-0.39, 0.29) is 19.3 Å². The Morgan fingerprint density at radius 3 is 2.04 bits per heavy atom. The van der Waals surface area contributed by atoms with Crippen molar-refractivity contribution in [2.45, 2.75) is 83.6 Å². The molecule has 0 aromatic heterocycles. The zero-order valence-electron chi connectivity index (χ0n) is 14.1. The van der Waals surface area contributed by atoms with Gasteiger partial charge in [0.1, 0.15) is 0 Å². The highest BCUT2D eigenvalue weighted by atomic mass is 19.4. The third-order valence-corrected chi connectivity index (χ3v) is 4.80. The van der Waals surface area contributed by atoms with Crippen LogP contribution in [0.1, 0.15) is 59.3 Å². The molecule has 0 amide bonds. The molecule has 1 fully saturated rings. The largest absolute Gasteiger partial charge is 0.455 e. The quantitative estimate of drug-likeness (QED) is 0.561. The fraction of sp³-hybridized carbons (Fsp3) is 0.938. The molecule has 2 unspecified atom stereocenters. The lowest BCUT2D eigenvalue weighted by Crippen LogP contribution is -2.56. The van der Waals surface area contributed by atoms with E-state index < -0.39 is 41.6 Å². The number of carbonyl (C=O) groups is 1. The number of hydrogen-bond acceptors (Lipinski definition) is 3. The highest BCUT2D eigenvalue weighted by molar-refractivity contribution is 5.76. The first-order valence-corrected chi connectivity index (χ1v) is 8.17. The van der Waals surface area contributed by atoms with Gasteiger partial charge in [0.2, 0.25) is 6.10 Å². The lowest BCUT2D eigenvalue weighted by molar-refractivity contribution is -0.299. The SMILES string of the molecule is CCC(C)(C)C(=O)OC(C1CCCCC1)C(F)(F)C(O)C(F)(F)F. The maximum Gasteiger partial charge on any atom is 0.420 e. The molecule has 0 spiro atoms. The highest BCUT2D eigenvalue weighted by Gasteiger charge is 2.62. The molecule has 2 atom stereocenters. The molecular weight excluding hydrogens is 335 g/mol. The van der Waals surface area contributed by atoms with Crippen LogP contribution in [0, 0.1) is 11.3 Å². The standard InChI is InChI=1S/C16H25F5O3/c1-4-14(2,3)13(23)24-11(10-8-6-5-7-9-10)15(17,18)12(22)16(19,20)21/h10-12,22H,4-9H2,1-3H3. The number of hydrogen-bond donors (Lipinski definition) is 1. The van der Waals surface area contributed by atoms with E-state index in [9.17, 15) is 26.7 Å². The van der Waals surface area contributed by atoms with E-state index in [1.807, 2.05) is 0 Å². The Hall–Kier alpha value is -0.920. The molecule has 8 heteroatoms. The number of rotatable bonds is 6. The number of ether oxygens (including phenoxy) is 1. The summed E-state index contributed by atoms with van der Waals surface area (Å²) < 4.78 is 71.5. The van der Waals surface area contributed by atoms with Crippen molar-refractivity contribution in [3.8, 4) is 0 Å². The van der Waals surface area contributed by atoms with Gasteiger partial charge in [-0.1, -0.05) is 26.2 Å². The third kappa shape index (κ3) is 4.80. The van der Waals surface area contributed by atoms with Crippen LogP contribution in [0.5, 0.6) is 0 Å². The van der Waals surface area contributed by atoms with Gasteiger partial charge in [0.05, 0.1) is 5.41 Å². The van der Waals surface area contributed by atoms with E-state index >= 15 is 0 Å². The second-order valence-electron chi connectivity index (χ2n) is 7.08. The van der Waals surface area contributed by atoms with Crippen LogP contribution in [0.25, 0.3) is 0 Å². The molecule has 3 nitrogen and oxygen atoms in total. The van der Waals surface area contributed by atoms with Gasteiger partial charge in [-0.25, -0.2) is 0 Å². The molecule has 1 N–H and O–H groups in total. The number of halogens is 5. The second kappa shape index (κ2) is 7.54. The molecule has 0 bridgehead atoms. The van der Waals surface area contributed by atoms with E-state index in [0.29, 0.717) is 12.8 Å². The summed E-state index contributed by atoms with van der Waals surface area (Å²) in [5.41, 5.74) is -1.09. The van der Waals surface area contributed by atoms with E-state index in [1.165, 1.54) is 13.8 Å². The van der Waals surface area contributed by atoms with Crippen LogP contribution in [-0.2, 0) is 9.53 Å². The summed E-state index contributed by atoms with van der Waals surface area (Å²) in [6.07, 6.45) is -8.93. The van der Waals surface area contributed by atoms with Crippen LogP contribution in [-0.4, -0.2) is 35.4 Å². The molecule has 0 aromatic rings. The van der Waals surface area contributed by atoms with Gasteiger partial charge in [0.15, 0.2) is 6.10 Å². The summed E-state index contributed by atoms with van der Waals surface area (Å²) in [7, 11) is 0. The molecule has 0 radical (unpaired) electrons. The Morgan fingerprint density at radius 1 is 1.12 bits per heavy atom. The van der Waals surface area contributed by atoms with Gasteiger partial charge in [-0.2, -0.15) is 22.0 Å². The molecule has 0 saturated heterocycles. The molecule has 1 saturated carbocycles. The highest BCUT2D eigenvalue weighted by Crippen LogP contribution is 2.42. The average molecular weight is 360 g/mol. The van der Waals surface area contributed by atoms with Gasteiger partial charge in [-0.05, 0) is 33.1 Å². The smallest absolute Gasteiger partial charge is 0.420 e. The molecule has 1 aliphatic carbocycles. The van der Waals surface area contributed by atoms with Gasteiger partial charge in [-0.15, -0.1) is 0 Å². The van der Waals surface area contributed by atoms with Crippen molar-refractivity contribution in [1.82, 2.24) is 0 Å². The van der Waals surface area contributed by atoms with Gasteiger partial charge < -0.3 is 9.84 Å². The minimum absolute atomic E-state index is 0.241. The lowest BCUT2D eigenvalue weighted by Gasteiger charge is -2.38. The van der Waals surface area contributed by atoms with E-state index in [4.69, 9.17) is 9.84 Å². The van der Waals surface area contributed by atoms with Crippen LogP contribution >= 0.6 is 0 Å². The first kappa shape index (κ1) is 21.1. The zero-order chi connectivity index (χ0) is 18.8. The monoisotopic (exact) mass is 360 g/mol. The van der Waals surface area contributed by atoms with Crippen molar-refractivity contribution in [3.05, 3.63) is 0 Å². The van der Waals surface area contributed by atoms with Crippen LogP contribution in [0.3, 0.4) is 0 Å². The minimum atomic E-state index is -5.50. The maximum atomic E-state index is 14.4. The van der Waals surface area contributed by atoms with E-state index in [1.54, 1.807) is 6.92 Å². The van der Waals surface area contributed by atoms with Crippen molar-refractivity contribution in [1.29, 1.82) is 0 Å². The van der Waals surface area contributed by atoms with E-state index in [2.05, 4.69) is 0 Å². The van der Waals surface area contributed by atoms with Crippen molar-refractivity contribution < 1.29 is 36.6 Å². The molecule has 0 heterocycles. The first-order chi connectivity index (χ1) is 10.8. The Morgan fingerprint density at radius 2 is 1.62 bits per heavy atom. The topological polar surface area (TPSA) is 46.5 Å². The summed E-state index contributed by atoms with van der Waals surface area (Å²) in [4.78, 5) is 12.1. The summed E-state index contributed by atoms with van der Waals surface area (Å²) in [5.74, 6) is -6.48. The van der Waals surface area contributed by atoms with Crippen LogP contribution in [0.2, 0.25) is 0 Å². The summed E-state index contributed by atoms with van der Waals surface area (Å²) in [6, 6.07) is 0. The predicted octanol–water partition coefficient (Wildman–Crippen LogP) is 4.47. The molecule has 0 aromatic carbocycles. The first-order valence-electron chi connectivity index (χ1n) is 8.17. The van der Waals surface area contributed by atoms with Crippen LogP contribution in [0.4, 0.5) is 22.0 Å². The molecule has 1 rings (SSSR count). The number of alkyl halides is 5. The zero-order valence-corrected chi connectivity index (χ0v) is 14.1. The normalized spacial score (nSPS) is 20.5. The van der Waals surface area contributed by atoms with Crippen molar-refractivity contribution in [2.24, 2.45) is 11.3 Å². The maximum absolute atomic E-state index is 14.4. The fourth-order valence-electron chi connectivity index (χ4n) is 2.72. The lowest BCUT2D eigenvalue weighted by atomic mass is 9.81. The summed E-state index contributed by atoms with van der Waals surface area (Å²) >= 11 is 0. The van der Waals surface area contributed by atoms with Gasteiger partial charge in [0, 0.05) is 5.92 Å². The van der Waals surface area contributed by atoms with Crippen molar-refractivity contribution in [2.75, 3.05) is 0 Å². The molecule has 1 aliphatic rings. The molecule has 0 aliphatic heterocycles. The molecule has 24 heavy (non-hydrogen) atoms. The van der Waals surface area contributed by atoms with Crippen molar-refractivity contribution >= 4 is 5.97 Å². The predicted molar refractivity (Wildman–Crippen MR) is 77.5 cm³/mol. The van der Waals surface area contributed by atoms with Crippen molar-refractivity contribution in [3.63, 3.8) is 0 Å². The third-order valence-electron chi connectivity index (χ3n) is 4.80. The van der Waals surface area contributed by atoms with Gasteiger partial charge in [-0.3, -0.25) is 4.79 Å². The minimum Gasteiger partial charge on any atom is -0.455 e. The Bertz CT molecular complexity index is 428. The average Bonchev–Trinajstić information content (AvgIpc) is 2.51. The molecule has 142 valence electrons. The van der Waals surface area contributed by atoms with Gasteiger partial charge in [0.25, 0.3) is 0 Å². The number of aliphatic hydroxyl groups excluding tert-OH is 1. The number of carbonyl (C=O) groups excluding carboxylic acids is 1. The van der Waals surface area contributed by atoms with Gasteiger partial charge >= 0.3 is 18.1 Å². The number of esters is 1. The molecular formula is C16H25F5O3. The summed E-state index contributed by atoms with van der Waals surface area (Å²) in [6.45, 7) is 4.61. The Balaban J connectivity index is 3.11. The van der Waals surface area contributed by atoms with Crippen LogP contribution < -0.4 is 0 Å². The Labute approximate surface area is 138 Å². The number of aliphatic hydroxyl groups is 1.